The van der Waals surface area contributed by atoms with Crippen molar-refractivity contribution in [1.29, 1.82) is 5.26 Å². The molecule has 0 aromatic heterocycles. The van der Waals surface area contributed by atoms with E-state index in [1.807, 2.05) is 18.2 Å². The van der Waals surface area contributed by atoms with Gasteiger partial charge in [-0.15, -0.1) is 0 Å². The highest BCUT2D eigenvalue weighted by molar-refractivity contribution is 5.44. The van der Waals surface area contributed by atoms with Crippen LogP contribution in [0.25, 0.3) is 0 Å². The summed E-state index contributed by atoms with van der Waals surface area (Å²) in [6, 6.07) is 19.6. The van der Waals surface area contributed by atoms with Crippen LogP contribution < -0.4 is 0 Å². The molecule has 0 aliphatic carbocycles. The minimum absolute atomic E-state index is 0.355. The van der Waals surface area contributed by atoms with Crippen molar-refractivity contribution in [2.45, 2.75) is 32.5 Å². The van der Waals surface area contributed by atoms with Gasteiger partial charge in [0.05, 0.1) is 11.6 Å². The molecule has 1 aliphatic rings. The fourth-order valence-electron chi connectivity index (χ4n) is 3.15. The molecule has 0 spiro atoms. The number of rotatable bonds is 2. The molecular formula is C18H18N2. The maximum Gasteiger partial charge on any atom is 0.0991 e. The highest BCUT2D eigenvalue weighted by Gasteiger charge is 2.32. The average molecular weight is 262 g/mol. The first-order valence-corrected chi connectivity index (χ1v) is 7.04. The van der Waals surface area contributed by atoms with E-state index in [-0.39, 0.29) is 0 Å². The van der Waals surface area contributed by atoms with E-state index >= 15 is 0 Å². The first-order valence-electron chi connectivity index (χ1n) is 7.04. The van der Waals surface area contributed by atoms with E-state index in [1.54, 1.807) is 0 Å². The standard InChI is InChI=1S/C18H18N2/c1-13-17-9-8-16(11-19)10-18(17)14(2)20(13)12-15-6-4-3-5-7-15/h3-10,13-14H,12H2,1-2H3. The summed E-state index contributed by atoms with van der Waals surface area (Å²) in [6.07, 6.45) is 0. The number of hydrogen-bond acceptors (Lipinski definition) is 2. The van der Waals surface area contributed by atoms with Crippen LogP contribution in [0.15, 0.2) is 48.5 Å². The van der Waals surface area contributed by atoms with Crippen molar-refractivity contribution < 1.29 is 0 Å². The molecule has 100 valence electrons. The number of fused-ring (bicyclic) bond motifs is 1. The van der Waals surface area contributed by atoms with Gasteiger partial charge in [0.15, 0.2) is 0 Å². The molecule has 0 amide bonds. The summed E-state index contributed by atoms with van der Waals surface area (Å²) >= 11 is 0. The van der Waals surface area contributed by atoms with Crippen molar-refractivity contribution in [3.05, 3.63) is 70.8 Å². The average Bonchev–Trinajstić information content (AvgIpc) is 2.73. The van der Waals surface area contributed by atoms with Crippen LogP contribution in [0, 0.1) is 11.3 Å². The Morgan fingerprint density at radius 3 is 2.40 bits per heavy atom. The molecule has 0 bridgehead atoms. The fourth-order valence-corrected chi connectivity index (χ4v) is 3.15. The van der Waals surface area contributed by atoms with E-state index in [4.69, 9.17) is 5.26 Å². The maximum absolute atomic E-state index is 9.06. The van der Waals surface area contributed by atoms with Gasteiger partial charge in [0.2, 0.25) is 0 Å². The molecule has 1 aliphatic heterocycles. The van der Waals surface area contributed by atoms with Gasteiger partial charge in [-0.05, 0) is 42.7 Å². The summed E-state index contributed by atoms with van der Waals surface area (Å²) in [5.74, 6) is 0. The highest BCUT2D eigenvalue weighted by Crippen LogP contribution is 2.42. The molecule has 0 saturated heterocycles. The second-order valence-corrected chi connectivity index (χ2v) is 5.47. The molecule has 0 saturated carbocycles. The summed E-state index contributed by atoms with van der Waals surface area (Å²) < 4.78 is 0. The quantitative estimate of drug-likeness (QED) is 0.811. The summed E-state index contributed by atoms with van der Waals surface area (Å²) in [5.41, 5.74) is 4.74. The van der Waals surface area contributed by atoms with Crippen LogP contribution >= 0.6 is 0 Å². The van der Waals surface area contributed by atoms with E-state index in [0.717, 1.165) is 12.1 Å². The molecular weight excluding hydrogens is 244 g/mol. The third-order valence-electron chi connectivity index (χ3n) is 4.32. The Kier molecular flexibility index (Phi) is 3.30. The van der Waals surface area contributed by atoms with Crippen LogP contribution in [0.2, 0.25) is 0 Å². The molecule has 2 aromatic rings. The lowest BCUT2D eigenvalue weighted by Gasteiger charge is -2.26. The molecule has 0 N–H and O–H groups in total. The lowest BCUT2D eigenvalue weighted by atomic mass is 10.0. The van der Waals surface area contributed by atoms with Gasteiger partial charge >= 0.3 is 0 Å². The first-order chi connectivity index (χ1) is 9.70. The summed E-state index contributed by atoms with van der Waals surface area (Å²) in [5, 5.41) is 9.06. The number of benzene rings is 2. The van der Waals surface area contributed by atoms with E-state index < -0.39 is 0 Å². The lowest BCUT2D eigenvalue weighted by Crippen LogP contribution is -2.22. The number of nitriles is 1. The van der Waals surface area contributed by atoms with Gasteiger partial charge in [-0.25, -0.2) is 0 Å². The lowest BCUT2D eigenvalue weighted by molar-refractivity contribution is 0.173. The van der Waals surface area contributed by atoms with Crippen molar-refractivity contribution in [3.8, 4) is 6.07 Å². The number of hydrogen-bond donors (Lipinski definition) is 0. The zero-order valence-corrected chi connectivity index (χ0v) is 11.9. The van der Waals surface area contributed by atoms with Gasteiger partial charge < -0.3 is 0 Å². The molecule has 0 fully saturated rings. The SMILES string of the molecule is CC1c2ccc(C#N)cc2C(C)N1Cc1ccccc1. The van der Waals surface area contributed by atoms with Crippen molar-refractivity contribution in [1.82, 2.24) is 4.90 Å². The van der Waals surface area contributed by atoms with Crippen LogP contribution in [-0.4, -0.2) is 4.90 Å². The van der Waals surface area contributed by atoms with Gasteiger partial charge in [-0.1, -0.05) is 36.4 Å². The predicted molar refractivity (Wildman–Crippen MR) is 80.0 cm³/mol. The Balaban J connectivity index is 1.91. The second-order valence-electron chi connectivity index (χ2n) is 5.47. The van der Waals surface area contributed by atoms with Crippen LogP contribution in [-0.2, 0) is 6.54 Å². The Morgan fingerprint density at radius 1 is 1.00 bits per heavy atom. The van der Waals surface area contributed by atoms with Crippen LogP contribution in [0.4, 0.5) is 0 Å². The van der Waals surface area contributed by atoms with Crippen molar-refractivity contribution in [3.63, 3.8) is 0 Å². The summed E-state index contributed by atoms with van der Waals surface area (Å²) in [7, 11) is 0. The smallest absolute Gasteiger partial charge is 0.0991 e. The highest BCUT2D eigenvalue weighted by atomic mass is 15.2. The van der Waals surface area contributed by atoms with Gasteiger partial charge in [-0.3, -0.25) is 4.90 Å². The monoisotopic (exact) mass is 262 g/mol. The fraction of sp³-hybridized carbons (Fsp3) is 0.278. The van der Waals surface area contributed by atoms with Crippen molar-refractivity contribution in [2.75, 3.05) is 0 Å². The molecule has 2 nitrogen and oxygen atoms in total. The molecule has 2 heteroatoms. The maximum atomic E-state index is 9.06. The van der Waals surface area contributed by atoms with E-state index in [0.29, 0.717) is 12.1 Å². The van der Waals surface area contributed by atoms with Gasteiger partial charge in [-0.2, -0.15) is 5.26 Å². The van der Waals surface area contributed by atoms with E-state index in [9.17, 15) is 0 Å². The predicted octanol–water partition coefficient (Wildman–Crippen LogP) is 4.20. The minimum atomic E-state index is 0.355. The molecule has 3 rings (SSSR count). The second kappa shape index (κ2) is 5.11. The Bertz CT molecular complexity index is 655. The van der Waals surface area contributed by atoms with Crippen molar-refractivity contribution in [2.24, 2.45) is 0 Å². The van der Waals surface area contributed by atoms with Gasteiger partial charge in [0.25, 0.3) is 0 Å². The zero-order chi connectivity index (χ0) is 14.1. The van der Waals surface area contributed by atoms with Crippen molar-refractivity contribution >= 4 is 0 Å². The Labute approximate surface area is 120 Å². The third kappa shape index (κ3) is 2.11. The third-order valence-corrected chi connectivity index (χ3v) is 4.32. The van der Waals surface area contributed by atoms with Crippen LogP contribution in [0.5, 0.6) is 0 Å². The zero-order valence-electron chi connectivity index (χ0n) is 11.9. The Hall–Kier alpha value is -2.11. The molecule has 0 radical (unpaired) electrons. The van der Waals surface area contributed by atoms with Crippen LogP contribution in [0.3, 0.4) is 0 Å². The molecule has 2 aromatic carbocycles. The minimum Gasteiger partial charge on any atom is -0.286 e. The first kappa shape index (κ1) is 12.9. The number of nitrogens with zero attached hydrogens (tertiary/aromatic N) is 2. The van der Waals surface area contributed by atoms with Crippen LogP contribution in [0.1, 0.15) is 48.2 Å². The van der Waals surface area contributed by atoms with E-state index in [1.165, 1.54) is 16.7 Å². The van der Waals surface area contributed by atoms with Gasteiger partial charge in [0, 0.05) is 18.6 Å². The molecule has 2 atom stereocenters. The molecule has 1 heterocycles. The van der Waals surface area contributed by atoms with E-state index in [2.05, 4.69) is 55.1 Å². The normalized spacial score (nSPS) is 21.4. The molecule has 2 unspecified atom stereocenters. The summed E-state index contributed by atoms with van der Waals surface area (Å²) in [4.78, 5) is 2.49. The molecule has 20 heavy (non-hydrogen) atoms. The van der Waals surface area contributed by atoms with Gasteiger partial charge in [0.1, 0.15) is 0 Å². The Morgan fingerprint density at radius 2 is 1.70 bits per heavy atom. The largest absolute Gasteiger partial charge is 0.286 e. The summed E-state index contributed by atoms with van der Waals surface area (Å²) in [6.45, 7) is 5.42. The topological polar surface area (TPSA) is 27.0 Å².